The van der Waals surface area contributed by atoms with Crippen LogP contribution in [0.4, 0.5) is 4.39 Å². The maximum absolute atomic E-state index is 13.0. The van der Waals surface area contributed by atoms with E-state index in [9.17, 15) is 9.18 Å². The second-order valence-electron chi connectivity index (χ2n) is 4.50. The molecule has 0 aliphatic carbocycles. The number of aliphatic carboxylic acids is 1. The van der Waals surface area contributed by atoms with Crippen molar-refractivity contribution in [3.8, 4) is 11.3 Å². The second-order valence-corrected chi connectivity index (χ2v) is 5.34. The molecule has 0 saturated carbocycles. The van der Waals surface area contributed by atoms with Gasteiger partial charge >= 0.3 is 5.97 Å². The molecule has 0 unspecified atom stereocenters. The van der Waals surface area contributed by atoms with Crippen molar-refractivity contribution in [1.29, 1.82) is 0 Å². The third kappa shape index (κ3) is 2.45. The van der Waals surface area contributed by atoms with Gasteiger partial charge in [-0.15, -0.1) is 11.3 Å². The Morgan fingerprint density at radius 2 is 2.10 bits per heavy atom. The summed E-state index contributed by atoms with van der Waals surface area (Å²) in [6, 6.07) is 6.18. The highest BCUT2D eigenvalue weighted by Gasteiger charge is 2.13. The number of hydrogen-bond acceptors (Lipinski definition) is 3. The maximum Gasteiger partial charge on any atom is 0.328 e. The number of rotatable bonds is 3. The van der Waals surface area contributed by atoms with Crippen molar-refractivity contribution in [1.82, 2.24) is 9.38 Å². The summed E-state index contributed by atoms with van der Waals surface area (Å²) >= 11 is 1.46. The Morgan fingerprint density at radius 3 is 2.76 bits per heavy atom. The van der Waals surface area contributed by atoms with Gasteiger partial charge in [0.05, 0.1) is 17.1 Å². The van der Waals surface area contributed by atoms with Gasteiger partial charge in [0, 0.05) is 11.5 Å². The van der Waals surface area contributed by atoms with Gasteiger partial charge in [0.25, 0.3) is 0 Å². The summed E-state index contributed by atoms with van der Waals surface area (Å²) in [6.07, 6.45) is 2.61. The van der Waals surface area contributed by atoms with Gasteiger partial charge in [-0.25, -0.2) is 14.2 Å². The lowest BCUT2D eigenvalue weighted by molar-refractivity contribution is -0.131. The van der Waals surface area contributed by atoms with Crippen LogP contribution < -0.4 is 0 Å². The first-order chi connectivity index (χ1) is 10.1. The van der Waals surface area contributed by atoms with Crippen molar-refractivity contribution >= 4 is 28.3 Å². The van der Waals surface area contributed by atoms with Crippen molar-refractivity contribution in [3.05, 3.63) is 52.9 Å². The second kappa shape index (κ2) is 5.14. The molecular weight excluding hydrogens is 291 g/mol. The standard InChI is InChI=1S/C15H11FN2O2S/c1-9-12(6-7-14(19)20)18-13(8-21-15(18)17-9)10-2-4-11(16)5-3-10/h2-8H,1H3,(H,19,20)/b7-6+. The molecule has 1 N–H and O–H groups in total. The van der Waals surface area contributed by atoms with Gasteiger partial charge in [-0.1, -0.05) is 0 Å². The molecule has 3 aromatic rings. The summed E-state index contributed by atoms with van der Waals surface area (Å²) < 4.78 is 14.9. The highest BCUT2D eigenvalue weighted by Crippen LogP contribution is 2.29. The molecule has 6 heteroatoms. The fraction of sp³-hybridized carbons (Fsp3) is 0.0667. The monoisotopic (exact) mass is 302 g/mol. The minimum Gasteiger partial charge on any atom is -0.478 e. The number of aryl methyl sites for hydroxylation is 1. The highest BCUT2D eigenvalue weighted by molar-refractivity contribution is 7.15. The molecule has 4 nitrogen and oxygen atoms in total. The quantitative estimate of drug-likeness (QED) is 0.752. The van der Waals surface area contributed by atoms with Crippen LogP contribution in [0, 0.1) is 12.7 Å². The van der Waals surface area contributed by atoms with E-state index in [1.165, 1.54) is 29.5 Å². The van der Waals surface area contributed by atoms with Gasteiger partial charge in [0.1, 0.15) is 5.82 Å². The number of imidazole rings is 1. The molecular formula is C15H11FN2O2S. The first kappa shape index (κ1) is 13.5. The molecule has 0 bridgehead atoms. The Labute approximate surface area is 123 Å². The molecule has 0 aliphatic rings. The molecule has 1 aromatic carbocycles. The number of fused-ring (bicyclic) bond motifs is 1. The van der Waals surface area contributed by atoms with E-state index in [-0.39, 0.29) is 5.82 Å². The van der Waals surface area contributed by atoms with Crippen LogP contribution in [0.3, 0.4) is 0 Å². The zero-order valence-electron chi connectivity index (χ0n) is 11.1. The number of nitrogens with zero attached hydrogens (tertiary/aromatic N) is 2. The van der Waals surface area contributed by atoms with E-state index in [1.807, 2.05) is 16.7 Å². The van der Waals surface area contributed by atoms with Gasteiger partial charge in [-0.2, -0.15) is 0 Å². The minimum atomic E-state index is -1.01. The van der Waals surface area contributed by atoms with Crippen LogP contribution in [0.15, 0.2) is 35.7 Å². The number of hydrogen-bond donors (Lipinski definition) is 1. The van der Waals surface area contributed by atoms with Gasteiger partial charge in [-0.05, 0) is 42.8 Å². The molecule has 2 aromatic heterocycles. The van der Waals surface area contributed by atoms with Crippen molar-refractivity contribution in [2.45, 2.75) is 6.92 Å². The van der Waals surface area contributed by atoms with E-state index in [2.05, 4.69) is 4.98 Å². The summed E-state index contributed by atoms with van der Waals surface area (Å²) in [7, 11) is 0. The molecule has 2 heterocycles. The molecule has 0 amide bonds. The lowest BCUT2D eigenvalue weighted by atomic mass is 10.1. The highest BCUT2D eigenvalue weighted by atomic mass is 32.1. The van der Waals surface area contributed by atoms with Crippen molar-refractivity contribution in [2.24, 2.45) is 0 Å². The van der Waals surface area contributed by atoms with E-state index in [0.717, 1.165) is 28.0 Å². The molecule has 0 aliphatic heterocycles. The van der Waals surface area contributed by atoms with Gasteiger partial charge in [0.15, 0.2) is 4.96 Å². The average molecular weight is 302 g/mol. The van der Waals surface area contributed by atoms with E-state index >= 15 is 0 Å². The third-order valence-electron chi connectivity index (χ3n) is 3.11. The van der Waals surface area contributed by atoms with Crippen molar-refractivity contribution in [2.75, 3.05) is 0 Å². The fourth-order valence-electron chi connectivity index (χ4n) is 2.15. The maximum atomic E-state index is 13.0. The molecule has 21 heavy (non-hydrogen) atoms. The molecule has 0 radical (unpaired) electrons. The number of thiazole rings is 1. The Hall–Kier alpha value is -2.47. The van der Waals surface area contributed by atoms with E-state index in [0.29, 0.717) is 5.69 Å². The lowest BCUT2D eigenvalue weighted by Crippen LogP contribution is -1.92. The van der Waals surface area contributed by atoms with Crippen LogP contribution in [-0.4, -0.2) is 20.5 Å². The predicted octanol–water partition coefficient (Wildman–Crippen LogP) is 3.61. The van der Waals surface area contributed by atoms with Crippen LogP contribution in [-0.2, 0) is 4.79 Å². The molecule has 0 spiro atoms. The Balaban J connectivity index is 2.20. The van der Waals surface area contributed by atoms with E-state index in [1.54, 1.807) is 12.1 Å². The van der Waals surface area contributed by atoms with Crippen LogP contribution in [0.1, 0.15) is 11.4 Å². The largest absolute Gasteiger partial charge is 0.478 e. The first-order valence-electron chi connectivity index (χ1n) is 6.20. The van der Waals surface area contributed by atoms with Crippen molar-refractivity contribution < 1.29 is 14.3 Å². The summed E-state index contributed by atoms with van der Waals surface area (Å²) in [5.41, 5.74) is 3.18. The minimum absolute atomic E-state index is 0.293. The molecule has 0 fully saturated rings. The molecule has 0 atom stereocenters. The third-order valence-corrected chi connectivity index (χ3v) is 3.93. The summed E-state index contributed by atoms with van der Waals surface area (Å²) in [5, 5.41) is 10.7. The van der Waals surface area contributed by atoms with Crippen LogP contribution in [0.2, 0.25) is 0 Å². The topological polar surface area (TPSA) is 54.6 Å². The number of carboxylic acid groups (broad SMARTS) is 1. The first-order valence-corrected chi connectivity index (χ1v) is 7.07. The zero-order chi connectivity index (χ0) is 15.0. The van der Waals surface area contributed by atoms with E-state index < -0.39 is 5.97 Å². The summed E-state index contributed by atoms with van der Waals surface area (Å²) in [5.74, 6) is -1.30. The van der Waals surface area contributed by atoms with E-state index in [4.69, 9.17) is 5.11 Å². The number of aromatic nitrogens is 2. The number of carbonyl (C=O) groups is 1. The Kier molecular flexibility index (Phi) is 3.31. The zero-order valence-corrected chi connectivity index (χ0v) is 11.9. The Morgan fingerprint density at radius 1 is 1.38 bits per heavy atom. The molecule has 3 rings (SSSR count). The SMILES string of the molecule is Cc1nc2scc(-c3ccc(F)cc3)n2c1/C=C/C(=O)O. The van der Waals surface area contributed by atoms with Gasteiger partial charge in [0.2, 0.25) is 0 Å². The molecule has 106 valence electrons. The number of carboxylic acids is 1. The van der Waals surface area contributed by atoms with Crippen LogP contribution >= 0.6 is 11.3 Å². The van der Waals surface area contributed by atoms with Crippen molar-refractivity contribution in [3.63, 3.8) is 0 Å². The summed E-state index contributed by atoms with van der Waals surface area (Å²) in [4.78, 5) is 15.9. The van der Waals surface area contributed by atoms with Gasteiger partial charge in [-0.3, -0.25) is 4.40 Å². The average Bonchev–Trinajstić information content (AvgIpc) is 2.96. The Bertz CT molecular complexity index is 847. The molecule has 0 saturated heterocycles. The number of benzene rings is 1. The fourth-order valence-corrected chi connectivity index (χ4v) is 3.10. The van der Waals surface area contributed by atoms with Gasteiger partial charge < -0.3 is 5.11 Å². The normalized spacial score (nSPS) is 11.5. The van der Waals surface area contributed by atoms with Crippen LogP contribution in [0.5, 0.6) is 0 Å². The summed E-state index contributed by atoms with van der Waals surface area (Å²) in [6.45, 7) is 1.83. The number of halogens is 1. The smallest absolute Gasteiger partial charge is 0.328 e. The van der Waals surface area contributed by atoms with Crippen LogP contribution in [0.25, 0.3) is 22.3 Å². The lowest BCUT2D eigenvalue weighted by Gasteiger charge is -2.02. The predicted molar refractivity (Wildman–Crippen MR) is 79.9 cm³/mol.